The van der Waals surface area contributed by atoms with E-state index in [1.54, 1.807) is 25.6 Å². The minimum absolute atomic E-state index is 0.0967. The third-order valence-electron chi connectivity index (χ3n) is 2.48. The average Bonchev–Trinajstić information content (AvgIpc) is 2.53. The lowest BCUT2D eigenvalue weighted by Gasteiger charge is -2.06. The number of nitrogens with two attached hydrogens (primary N) is 1. The van der Waals surface area contributed by atoms with Gasteiger partial charge in [-0.1, -0.05) is 0 Å². The van der Waals surface area contributed by atoms with Crippen LogP contribution in [0.1, 0.15) is 11.4 Å². The van der Waals surface area contributed by atoms with Gasteiger partial charge in [-0.2, -0.15) is 5.10 Å². The molecule has 0 aliphatic carbocycles. The van der Waals surface area contributed by atoms with E-state index in [1.807, 2.05) is 0 Å². The largest absolute Gasteiger partial charge is 0.382 e. The van der Waals surface area contributed by atoms with Gasteiger partial charge >= 0.3 is 0 Å². The number of primary sulfonamides is 1. The van der Waals surface area contributed by atoms with Crippen molar-refractivity contribution in [1.82, 2.24) is 9.78 Å². The van der Waals surface area contributed by atoms with E-state index in [1.165, 1.54) is 0 Å². The summed E-state index contributed by atoms with van der Waals surface area (Å²) in [5.74, 6) is 0. The van der Waals surface area contributed by atoms with Crippen molar-refractivity contribution in [2.24, 2.45) is 5.14 Å². The average molecular weight is 277 g/mol. The maximum Gasteiger partial charge on any atom is 0.241 e. The molecule has 104 valence electrons. The Balaban J connectivity index is 2.69. The second-order valence-corrected chi connectivity index (χ2v) is 5.37. The van der Waals surface area contributed by atoms with Gasteiger partial charge in [0.05, 0.1) is 37.8 Å². The second kappa shape index (κ2) is 6.28. The minimum atomic E-state index is -3.73. The normalized spacial score (nSPS) is 12.0. The highest BCUT2D eigenvalue weighted by Crippen LogP contribution is 2.17. The maximum absolute atomic E-state index is 11.4. The van der Waals surface area contributed by atoms with Gasteiger partial charge in [0.2, 0.25) is 10.0 Å². The molecule has 1 aromatic heterocycles. The van der Waals surface area contributed by atoms with Crippen molar-refractivity contribution in [1.29, 1.82) is 0 Å². The molecule has 0 aromatic carbocycles. The van der Waals surface area contributed by atoms with E-state index in [-0.39, 0.29) is 4.90 Å². The number of ether oxygens (including phenoxy) is 2. The Morgan fingerprint density at radius 1 is 1.28 bits per heavy atom. The van der Waals surface area contributed by atoms with E-state index >= 15 is 0 Å². The molecule has 0 bridgehead atoms. The van der Waals surface area contributed by atoms with Crippen LogP contribution < -0.4 is 5.14 Å². The van der Waals surface area contributed by atoms with Crippen molar-refractivity contribution in [2.45, 2.75) is 25.3 Å². The van der Waals surface area contributed by atoms with Crippen LogP contribution in [0.25, 0.3) is 0 Å². The zero-order chi connectivity index (χ0) is 13.8. The molecule has 0 spiro atoms. The topological polar surface area (TPSA) is 96.4 Å². The van der Waals surface area contributed by atoms with Crippen LogP contribution in [0.4, 0.5) is 0 Å². The summed E-state index contributed by atoms with van der Waals surface area (Å²) in [6, 6.07) is 0. The Bertz CT molecular complexity index is 495. The van der Waals surface area contributed by atoms with Crippen LogP contribution in [0.2, 0.25) is 0 Å². The first-order valence-electron chi connectivity index (χ1n) is 5.51. The number of hydrogen-bond donors (Lipinski definition) is 1. The molecule has 0 saturated carbocycles. The summed E-state index contributed by atoms with van der Waals surface area (Å²) in [5.41, 5.74) is 0.942. The Morgan fingerprint density at radius 3 is 2.44 bits per heavy atom. The van der Waals surface area contributed by atoms with Crippen LogP contribution in [-0.4, -0.2) is 45.1 Å². The Kier molecular flexibility index (Phi) is 5.27. The zero-order valence-electron chi connectivity index (χ0n) is 10.8. The van der Waals surface area contributed by atoms with E-state index in [2.05, 4.69) is 5.10 Å². The number of hydrogen-bond acceptors (Lipinski definition) is 5. The van der Waals surface area contributed by atoms with Crippen molar-refractivity contribution >= 4 is 10.0 Å². The monoisotopic (exact) mass is 277 g/mol. The van der Waals surface area contributed by atoms with Gasteiger partial charge in [-0.25, -0.2) is 13.6 Å². The molecule has 7 nitrogen and oxygen atoms in total. The molecular formula is C10H19N3O4S. The molecule has 0 radical (unpaired) electrons. The van der Waals surface area contributed by atoms with Gasteiger partial charge < -0.3 is 9.47 Å². The number of rotatable bonds is 7. The van der Waals surface area contributed by atoms with Crippen LogP contribution >= 0.6 is 0 Å². The number of aromatic nitrogens is 2. The van der Waals surface area contributed by atoms with Gasteiger partial charge in [0.15, 0.2) is 0 Å². The van der Waals surface area contributed by atoms with Crippen molar-refractivity contribution in [3.05, 3.63) is 11.4 Å². The highest BCUT2D eigenvalue weighted by molar-refractivity contribution is 7.89. The Labute approximate surface area is 107 Å². The van der Waals surface area contributed by atoms with Crippen molar-refractivity contribution in [3.63, 3.8) is 0 Å². The summed E-state index contributed by atoms with van der Waals surface area (Å²) in [6.45, 7) is 5.24. The Morgan fingerprint density at radius 2 is 1.94 bits per heavy atom. The van der Waals surface area contributed by atoms with Gasteiger partial charge in [-0.3, -0.25) is 4.68 Å². The SMILES string of the molecule is COCCOCCn1nc(C)c(S(N)(=O)=O)c1C. The van der Waals surface area contributed by atoms with E-state index in [0.717, 1.165) is 0 Å². The molecule has 0 aliphatic heterocycles. The highest BCUT2D eigenvalue weighted by atomic mass is 32.2. The fraction of sp³-hybridized carbons (Fsp3) is 0.700. The summed E-state index contributed by atoms with van der Waals surface area (Å²) in [4.78, 5) is 0.0967. The Hall–Kier alpha value is -0.960. The first-order chi connectivity index (χ1) is 8.38. The molecule has 1 aromatic rings. The molecule has 1 rings (SSSR count). The van der Waals surface area contributed by atoms with Crippen LogP contribution in [-0.2, 0) is 26.0 Å². The van der Waals surface area contributed by atoms with E-state index in [4.69, 9.17) is 14.6 Å². The van der Waals surface area contributed by atoms with Gasteiger partial charge in [0.1, 0.15) is 4.90 Å². The van der Waals surface area contributed by atoms with Crippen molar-refractivity contribution in [2.75, 3.05) is 26.9 Å². The van der Waals surface area contributed by atoms with E-state index in [9.17, 15) is 8.42 Å². The lowest BCUT2D eigenvalue weighted by atomic mass is 10.4. The molecule has 1 heterocycles. The fourth-order valence-corrected chi connectivity index (χ4v) is 2.68. The van der Waals surface area contributed by atoms with E-state index in [0.29, 0.717) is 37.8 Å². The molecule has 0 amide bonds. The van der Waals surface area contributed by atoms with Crippen molar-refractivity contribution in [3.8, 4) is 0 Å². The third-order valence-corrected chi connectivity index (χ3v) is 3.64. The molecule has 0 unspecified atom stereocenters. The lowest BCUT2D eigenvalue weighted by molar-refractivity contribution is 0.0651. The van der Waals surface area contributed by atoms with Gasteiger partial charge in [0, 0.05) is 7.11 Å². The molecule has 0 atom stereocenters. The zero-order valence-corrected chi connectivity index (χ0v) is 11.7. The predicted octanol–water partition coefficient (Wildman–Crippen LogP) is -0.190. The predicted molar refractivity (Wildman–Crippen MR) is 65.8 cm³/mol. The fourth-order valence-electron chi connectivity index (χ4n) is 1.71. The smallest absolute Gasteiger partial charge is 0.241 e. The number of nitrogens with zero attached hydrogens (tertiary/aromatic N) is 2. The number of methoxy groups -OCH3 is 1. The first-order valence-corrected chi connectivity index (χ1v) is 7.06. The molecule has 2 N–H and O–H groups in total. The molecule has 0 fully saturated rings. The highest BCUT2D eigenvalue weighted by Gasteiger charge is 2.20. The minimum Gasteiger partial charge on any atom is -0.382 e. The van der Waals surface area contributed by atoms with Crippen LogP contribution in [0.3, 0.4) is 0 Å². The summed E-state index contributed by atoms with van der Waals surface area (Å²) >= 11 is 0. The third kappa shape index (κ3) is 3.77. The molecule has 0 saturated heterocycles. The van der Waals surface area contributed by atoms with Gasteiger partial charge in [-0.05, 0) is 13.8 Å². The van der Waals surface area contributed by atoms with Crippen LogP contribution in [0, 0.1) is 13.8 Å². The van der Waals surface area contributed by atoms with Crippen LogP contribution in [0.5, 0.6) is 0 Å². The quantitative estimate of drug-likeness (QED) is 0.697. The summed E-state index contributed by atoms with van der Waals surface area (Å²) in [7, 11) is -2.13. The first kappa shape index (κ1) is 15.1. The lowest BCUT2D eigenvalue weighted by Crippen LogP contribution is -2.15. The van der Waals surface area contributed by atoms with Crippen LogP contribution in [0.15, 0.2) is 4.90 Å². The standard InChI is InChI=1S/C10H19N3O4S/c1-8-10(18(11,14)15)9(2)13(12-8)4-5-17-7-6-16-3/h4-7H2,1-3H3,(H2,11,14,15). The number of sulfonamides is 1. The maximum atomic E-state index is 11.4. The molecule has 18 heavy (non-hydrogen) atoms. The number of aryl methyl sites for hydroxylation is 1. The summed E-state index contributed by atoms with van der Waals surface area (Å²) in [5, 5.41) is 9.28. The summed E-state index contributed by atoms with van der Waals surface area (Å²) in [6.07, 6.45) is 0. The van der Waals surface area contributed by atoms with Gasteiger partial charge in [-0.15, -0.1) is 0 Å². The molecule has 0 aliphatic rings. The molecule has 8 heteroatoms. The van der Waals surface area contributed by atoms with E-state index < -0.39 is 10.0 Å². The molecular weight excluding hydrogens is 258 g/mol. The summed E-state index contributed by atoms with van der Waals surface area (Å²) < 4.78 is 34.5. The second-order valence-electron chi connectivity index (χ2n) is 3.87. The van der Waals surface area contributed by atoms with Crippen molar-refractivity contribution < 1.29 is 17.9 Å². The van der Waals surface area contributed by atoms with Gasteiger partial charge in [0.25, 0.3) is 0 Å².